The van der Waals surface area contributed by atoms with E-state index in [0.29, 0.717) is 42.9 Å². The minimum atomic E-state index is -0.997. The molecule has 1 amide bonds. The van der Waals surface area contributed by atoms with Gasteiger partial charge < -0.3 is 9.84 Å². The third-order valence-electron chi connectivity index (χ3n) is 5.91. The summed E-state index contributed by atoms with van der Waals surface area (Å²) in [6.07, 6.45) is 0. The molecule has 1 aliphatic rings. The molecular formula is C23H24ClF2N5O2. The molecule has 1 aromatic heterocycles. The van der Waals surface area contributed by atoms with Gasteiger partial charge in [0.1, 0.15) is 0 Å². The van der Waals surface area contributed by atoms with Crippen LogP contribution in [0.2, 0.25) is 5.02 Å². The second-order valence-corrected chi connectivity index (χ2v) is 8.44. The Morgan fingerprint density at radius 3 is 2.36 bits per heavy atom. The van der Waals surface area contributed by atoms with Crippen molar-refractivity contribution in [2.24, 2.45) is 0 Å². The topological polar surface area (TPSA) is 74.5 Å². The maximum absolute atomic E-state index is 13.4. The average molecular weight is 476 g/mol. The summed E-state index contributed by atoms with van der Waals surface area (Å²) in [7, 11) is 0. The van der Waals surface area contributed by atoms with E-state index in [1.54, 1.807) is 19.1 Å². The molecule has 174 valence electrons. The van der Waals surface area contributed by atoms with Gasteiger partial charge in [0, 0.05) is 48.5 Å². The fraction of sp³-hybridized carbons (Fsp3) is 0.348. The molecule has 0 saturated carbocycles. The number of nitrogens with zero attached hydrogens (tertiary/aromatic N) is 4. The lowest BCUT2D eigenvalue weighted by atomic mass is 10.1. The summed E-state index contributed by atoms with van der Waals surface area (Å²) in [4.78, 5) is 21.4. The number of aromatic nitrogens is 2. The fourth-order valence-electron chi connectivity index (χ4n) is 3.78. The van der Waals surface area contributed by atoms with Crippen LogP contribution in [0.4, 0.5) is 14.5 Å². The van der Waals surface area contributed by atoms with Crippen molar-refractivity contribution in [3.63, 3.8) is 0 Å². The lowest BCUT2D eigenvalue weighted by Gasteiger charge is -2.39. The van der Waals surface area contributed by atoms with E-state index in [-0.39, 0.29) is 17.6 Å². The van der Waals surface area contributed by atoms with Crippen LogP contribution in [0.25, 0.3) is 11.4 Å². The van der Waals surface area contributed by atoms with Crippen molar-refractivity contribution in [2.75, 3.05) is 31.5 Å². The molecule has 0 spiro atoms. The molecule has 0 radical (unpaired) electrons. The first-order chi connectivity index (χ1) is 15.8. The molecule has 0 unspecified atom stereocenters. The van der Waals surface area contributed by atoms with Crippen molar-refractivity contribution in [3.8, 4) is 11.4 Å². The van der Waals surface area contributed by atoms with Crippen molar-refractivity contribution in [2.45, 2.75) is 25.9 Å². The van der Waals surface area contributed by atoms with Crippen molar-refractivity contribution >= 4 is 23.2 Å². The zero-order chi connectivity index (χ0) is 23.5. The van der Waals surface area contributed by atoms with Crippen LogP contribution in [0, 0.1) is 11.6 Å². The number of hydrogen-bond acceptors (Lipinski definition) is 6. The number of carbonyl (C=O) groups excluding carboxylic acids is 1. The van der Waals surface area contributed by atoms with Gasteiger partial charge >= 0.3 is 0 Å². The number of anilines is 1. The molecule has 33 heavy (non-hydrogen) atoms. The second kappa shape index (κ2) is 9.94. The number of piperazine rings is 1. The summed E-state index contributed by atoms with van der Waals surface area (Å²) in [5, 5.41) is 7.37. The molecule has 2 heterocycles. The van der Waals surface area contributed by atoms with Crippen molar-refractivity contribution in [3.05, 3.63) is 65.0 Å². The van der Waals surface area contributed by atoms with Gasteiger partial charge in [-0.1, -0.05) is 16.8 Å². The molecule has 2 aromatic carbocycles. The number of carbonyl (C=O) groups is 1. The van der Waals surface area contributed by atoms with Crippen LogP contribution in [0.1, 0.15) is 25.8 Å². The molecule has 0 aliphatic carbocycles. The minimum Gasteiger partial charge on any atom is -0.337 e. The third-order valence-corrected chi connectivity index (χ3v) is 6.16. The van der Waals surface area contributed by atoms with E-state index in [2.05, 4.69) is 20.4 Å². The molecule has 7 nitrogen and oxygen atoms in total. The zero-order valence-electron chi connectivity index (χ0n) is 18.3. The second-order valence-electron chi connectivity index (χ2n) is 8.01. The van der Waals surface area contributed by atoms with Gasteiger partial charge in [0.25, 0.3) is 0 Å². The Balaban J connectivity index is 1.32. The number of nitrogens with one attached hydrogen (secondary N) is 1. The van der Waals surface area contributed by atoms with Crippen LogP contribution in [-0.4, -0.2) is 58.1 Å². The smallest absolute Gasteiger partial charge is 0.244 e. The van der Waals surface area contributed by atoms with E-state index in [9.17, 15) is 13.6 Å². The highest BCUT2D eigenvalue weighted by atomic mass is 35.5. The minimum absolute atomic E-state index is 0.0768. The van der Waals surface area contributed by atoms with E-state index in [4.69, 9.17) is 16.1 Å². The van der Waals surface area contributed by atoms with Crippen LogP contribution in [-0.2, 0) is 4.79 Å². The predicted octanol–water partition coefficient (Wildman–Crippen LogP) is 4.37. The third kappa shape index (κ3) is 5.38. The summed E-state index contributed by atoms with van der Waals surface area (Å²) in [6.45, 7) is 6.55. The van der Waals surface area contributed by atoms with Gasteiger partial charge in [-0.15, -0.1) is 0 Å². The molecule has 2 atom stereocenters. The molecule has 10 heteroatoms. The zero-order valence-corrected chi connectivity index (χ0v) is 19.0. The highest BCUT2D eigenvalue weighted by molar-refractivity contribution is 6.30. The summed E-state index contributed by atoms with van der Waals surface area (Å²) in [5.41, 5.74) is 1.05. The molecule has 1 aliphatic heterocycles. The fourth-order valence-corrected chi connectivity index (χ4v) is 3.90. The number of rotatable bonds is 6. The van der Waals surface area contributed by atoms with E-state index >= 15 is 0 Å². The Hall–Kier alpha value is -2.88. The molecule has 1 saturated heterocycles. The Bertz CT molecular complexity index is 1120. The number of halogens is 3. The first-order valence-corrected chi connectivity index (χ1v) is 11.0. The van der Waals surface area contributed by atoms with Crippen LogP contribution >= 0.6 is 11.6 Å². The Morgan fingerprint density at radius 2 is 1.70 bits per heavy atom. The first kappa shape index (κ1) is 23.3. The van der Waals surface area contributed by atoms with E-state index in [1.165, 1.54) is 6.07 Å². The van der Waals surface area contributed by atoms with Gasteiger partial charge in [0.2, 0.25) is 17.6 Å². The van der Waals surface area contributed by atoms with Crippen LogP contribution < -0.4 is 5.32 Å². The van der Waals surface area contributed by atoms with E-state index < -0.39 is 17.7 Å². The van der Waals surface area contributed by atoms with Crippen LogP contribution in [0.5, 0.6) is 0 Å². The van der Waals surface area contributed by atoms with Gasteiger partial charge in [0.05, 0.1) is 12.1 Å². The largest absolute Gasteiger partial charge is 0.337 e. The highest BCUT2D eigenvalue weighted by Crippen LogP contribution is 2.25. The Labute approximate surface area is 195 Å². The van der Waals surface area contributed by atoms with Crippen molar-refractivity contribution in [1.29, 1.82) is 0 Å². The lowest BCUT2D eigenvalue weighted by Crippen LogP contribution is -2.53. The standard InChI is InChI=1S/C23H24ClF2N5O2/c1-14(22(32)27-18-7-8-19(25)20(26)13-18)30-9-11-31(12-10-30)15(2)23-28-21(29-33-23)16-3-5-17(24)6-4-16/h3-8,13-15H,9-12H2,1-2H3,(H,27,32)/t14-,15+/m0/s1. The van der Waals surface area contributed by atoms with E-state index in [0.717, 1.165) is 17.7 Å². The quantitative estimate of drug-likeness (QED) is 0.570. The summed E-state index contributed by atoms with van der Waals surface area (Å²) >= 11 is 5.93. The van der Waals surface area contributed by atoms with Gasteiger partial charge in [-0.25, -0.2) is 8.78 Å². The predicted molar refractivity (Wildman–Crippen MR) is 121 cm³/mol. The average Bonchev–Trinajstić information content (AvgIpc) is 3.31. The molecule has 3 aromatic rings. The van der Waals surface area contributed by atoms with Crippen LogP contribution in [0.15, 0.2) is 47.0 Å². The van der Waals surface area contributed by atoms with Crippen molar-refractivity contribution in [1.82, 2.24) is 19.9 Å². The normalized spacial score (nSPS) is 17.0. The van der Waals surface area contributed by atoms with Crippen molar-refractivity contribution < 1.29 is 18.1 Å². The highest BCUT2D eigenvalue weighted by Gasteiger charge is 2.30. The van der Waals surface area contributed by atoms with Gasteiger partial charge in [-0.05, 0) is 50.2 Å². The molecular weight excluding hydrogens is 452 g/mol. The molecule has 1 fully saturated rings. The molecule has 0 bridgehead atoms. The SMILES string of the molecule is C[C@H](c1nc(-c2ccc(Cl)cc2)no1)N1CCN([C@@H](C)C(=O)Nc2ccc(F)c(F)c2)CC1. The monoisotopic (exact) mass is 475 g/mol. The number of hydrogen-bond donors (Lipinski definition) is 1. The van der Waals surface area contributed by atoms with Gasteiger partial charge in [-0.2, -0.15) is 4.98 Å². The lowest BCUT2D eigenvalue weighted by molar-refractivity contribution is -0.121. The number of amides is 1. The van der Waals surface area contributed by atoms with Gasteiger partial charge in [0.15, 0.2) is 11.6 Å². The molecule has 4 rings (SSSR count). The van der Waals surface area contributed by atoms with Gasteiger partial charge in [-0.3, -0.25) is 14.6 Å². The summed E-state index contributed by atoms with van der Waals surface area (Å²) in [5.74, 6) is -1.18. The maximum Gasteiger partial charge on any atom is 0.244 e. The summed E-state index contributed by atoms with van der Waals surface area (Å²) in [6, 6.07) is 10.0. The maximum atomic E-state index is 13.4. The summed E-state index contributed by atoms with van der Waals surface area (Å²) < 4.78 is 32.0. The Morgan fingerprint density at radius 1 is 1.03 bits per heavy atom. The van der Waals surface area contributed by atoms with E-state index in [1.807, 2.05) is 24.0 Å². The molecule has 1 N–H and O–H groups in total. The number of benzene rings is 2. The Kier molecular flexibility index (Phi) is 7.02. The van der Waals surface area contributed by atoms with Crippen LogP contribution in [0.3, 0.4) is 0 Å². The first-order valence-electron chi connectivity index (χ1n) is 10.7.